The molecular formula is C18H21NO2. The number of hydrogen-bond acceptors (Lipinski definition) is 3. The van der Waals surface area contributed by atoms with Gasteiger partial charge in [-0.25, -0.2) is 4.98 Å². The fourth-order valence-electron chi connectivity index (χ4n) is 1.63. The number of aromatic nitrogens is 1. The van der Waals surface area contributed by atoms with Crippen molar-refractivity contribution < 1.29 is 9.53 Å². The van der Waals surface area contributed by atoms with Crippen molar-refractivity contribution in [1.29, 1.82) is 0 Å². The van der Waals surface area contributed by atoms with Crippen LogP contribution in [0.25, 0.3) is 11.3 Å². The summed E-state index contributed by atoms with van der Waals surface area (Å²) in [6, 6.07) is 13.4. The third-order valence-electron chi connectivity index (χ3n) is 2.79. The maximum atomic E-state index is 11.4. The van der Waals surface area contributed by atoms with Gasteiger partial charge in [0.05, 0.1) is 18.4 Å². The number of pyridine rings is 1. The summed E-state index contributed by atoms with van der Waals surface area (Å²) < 4.78 is 5.14. The third kappa shape index (κ3) is 4.88. The summed E-state index contributed by atoms with van der Waals surface area (Å²) in [5.41, 5.74) is 2.31. The molecule has 2 rings (SSSR count). The van der Waals surface area contributed by atoms with Crippen molar-refractivity contribution in [3.63, 3.8) is 0 Å². The zero-order chi connectivity index (χ0) is 15.7. The van der Waals surface area contributed by atoms with Gasteiger partial charge in [0.15, 0.2) is 5.78 Å². The zero-order valence-electron chi connectivity index (χ0n) is 12.8. The molecule has 0 saturated heterocycles. The molecule has 1 aromatic carbocycles. The van der Waals surface area contributed by atoms with Crippen molar-refractivity contribution in [2.45, 2.75) is 20.3 Å². The van der Waals surface area contributed by atoms with Crippen molar-refractivity contribution in [1.82, 2.24) is 4.98 Å². The van der Waals surface area contributed by atoms with Gasteiger partial charge in [-0.15, -0.1) is 6.58 Å². The normalized spacial score (nSPS) is 9.29. The second kappa shape index (κ2) is 8.69. The third-order valence-corrected chi connectivity index (χ3v) is 2.79. The second-order valence-corrected chi connectivity index (χ2v) is 4.37. The lowest BCUT2D eigenvalue weighted by molar-refractivity contribution is 0.101. The Bertz CT molecular complexity index is 591. The van der Waals surface area contributed by atoms with Crippen LogP contribution in [0.4, 0.5) is 0 Å². The Morgan fingerprint density at radius 3 is 2.33 bits per heavy atom. The van der Waals surface area contributed by atoms with Crippen LogP contribution < -0.4 is 4.74 Å². The summed E-state index contributed by atoms with van der Waals surface area (Å²) in [6.07, 6.45) is 2.96. The molecule has 0 atom stereocenters. The molecule has 0 amide bonds. The van der Waals surface area contributed by atoms with Gasteiger partial charge in [0.2, 0.25) is 5.88 Å². The Kier molecular flexibility index (Phi) is 6.88. The molecule has 110 valence electrons. The molecule has 0 aliphatic heterocycles. The lowest BCUT2D eigenvalue weighted by atomic mass is 10.1. The lowest BCUT2D eigenvalue weighted by Gasteiger charge is -2.07. The van der Waals surface area contributed by atoms with Crippen LogP contribution in [0.5, 0.6) is 5.88 Å². The SMILES string of the molecule is C=CCC.COc1nc(-c2ccccc2)ccc1C(C)=O. The van der Waals surface area contributed by atoms with Crippen LogP contribution in [-0.4, -0.2) is 17.9 Å². The molecule has 0 N–H and O–H groups in total. The maximum absolute atomic E-state index is 11.4. The minimum atomic E-state index is -0.0473. The van der Waals surface area contributed by atoms with E-state index in [1.54, 1.807) is 6.07 Å². The molecule has 2 aromatic rings. The van der Waals surface area contributed by atoms with Crippen LogP contribution in [0.2, 0.25) is 0 Å². The van der Waals surface area contributed by atoms with E-state index >= 15 is 0 Å². The number of Topliss-reactive ketones (excluding diaryl/α,β-unsaturated/α-hetero) is 1. The molecule has 1 heterocycles. The van der Waals surface area contributed by atoms with Crippen LogP contribution in [-0.2, 0) is 0 Å². The highest BCUT2D eigenvalue weighted by molar-refractivity contribution is 5.96. The minimum Gasteiger partial charge on any atom is -0.480 e. The quantitative estimate of drug-likeness (QED) is 0.610. The van der Waals surface area contributed by atoms with Gasteiger partial charge < -0.3 is 4.74 Å². The molecule has 3 heteroatoms. The van der Waals surface area contributed by atoms with Crippen LogP contribution in [0.1, 0.15) is 30.6 Å². The van der Waals surface area contributed by atoms with E-state index < -0.39 is 0 Å². The molecule has 0 aliphatic rings. The van der Waals surface area contributed by atoms with Gasteiger partial charge in [-0.1, -0.05) is 43.3 Å². The average Bonchev–Trinajstić information content (AvgIpc) is 2.55. The summed E-state index contributed by atoms with van der Waals surface area (Å²) in [7, 11) is 1.52. The fraction of sp³-hybridized carbons (Fsp3) is 0.222. The molecule has 1 aromatic heterocycles. The van der Waals surface area contributed by atoms with E-state index in [-0.39, 0.29) is 5.78 Å². The standard InChI is InChI=1S/C14H13NO2.C4H8/c1-10(16)12-8-9-13(15-14(12)17-2)11-6-4-3-5-7-11;1-3-4-2/h3-9H,1-2H3;3H,1,4H2,2H3. The van der Waals surface area contributed by atoms with E-state index in [1.807, 2.05) is 42.5 Å². The van der Waals surface area contributed by atoms with Gasteiger partial charge in [0.1, 0.15) is 0 Å². The number of allylic oxidation sites excluding steroid dienone is 1. The predicted molar refractivity (Wildman–Crippen MR) is 86.7 cm³/mol. The summed E-state index contributed by atoms with van der Waals surface area (Å²) in [6.45, 7) is 7.04. The van der Waals surface area contributed by atoms with E-state index in [0.29, 0.717) is 11.4 Å². The van der Waals surface area contributed by atoms with Crippen molar-refractivity contribution >= 4 is 5.78 Å². The molecule has 0 fully saturated rings. The van der Waals surface area contributed by atoms with Crippen molar-refractivity contribution in [2.24, 2.45) is 0 Å². The highest BCUT2D eigenvalue weighted by Crippen LogP contribution is 2.23. The summed E-state index contributed by atoms with van der Waals surface area (Å²) in [4.78, 5) is 15.7. The first-order valence-corrected chi connectivity index (χ1v) is 6.86. The van der Waals surface area contributed by atoms with E-state index in [1.165, 1.54) is 14.0 Å². The molecule has 0 bridgehead atoms. The van der Waals surface area contributed by atoms with Gasteiger partial charge in [-0.2, -0.15) is 0 Å². The number of benzene rings is 1. The monoisotopic (exact) mass is 283 g/mol. The van der Waals surface area contributed by atoms with Crippen LogP contribution in [0.3, 0.4) is 0 Å². The largest absolute Gasteiger partial charge is 0.480 e. The number of hydrogen-bond donors (Lipinski definition) is 0. The molecule has 0 radical (unpaired) electrons. The highest BCUT2D eigenvalue weighted by atomic mass is 16.5. The summed E-state index contributed by atoms with van der Waals surface area (Å²) in [5, 5.41) is 0. The second-order valence-electron chi connectivity index (χ2n) is 4.37. The summed E-state index contributed by atoms with van der Waals surface area (Å²) in [5.74, 6) is 0.327. The van der Waals surface area contributed by atoms with Crippen LogP contribution >= 0.6 is 0 Å². The topological polar surface area (TPSA) is 39.2 Å². The minimum absolute atomic E-state index is 0.0473. The van der Waals surface area contributed by atoms with Crippen molar-refractivity contribution in [2.75, 3.05) is 7.11 Å². The van der Waals surface area contributed by atoms with Gasteiger partial charge >= 0.3 is 0 Å². The molecule has 3 nitrogen and oxygen atoms in total. The van der Waals surface area contributed by atoms with Gasteiger partial charge in [-0.3, -0.25) is 4.79 Å². The van der Waals surface area contributed by atoms with Gasteiger partial charge in [0.25, 0.3) is 0 Å². The molecular weight excluding hydrogens is 262 g/mol. The molecule has 0 unspecified atom stereocenters. The van der Waals surface area contributed by atoms with E-state index in [9.17, 15) is 4.79 Å². The fourth-order valence-corrected chi connectivity index (χ4v) is 1.63. The first kappa shape index (κ1) is 16.6. The number of nitrogens with zero attached hydrogens (tertiary/aromatic N) is 1. The maximum Gasteiger partial charge on any atom is 0.224 e. The van der Waals surface area contributed by atoms with E-state index in [0.717, 1.165) is 17.7 Å². The zero-order valence-corrected chi connectivity index (χ0v) is 12.8. The van der Waals surface area contributed by atoms with E-state index in [2.05, 4.69) is 18.5 Å². The number of ether oxygens (including phenoxy) is 1. The Morgan fingerprint density at radius 1 is 1.24 bits per heavy atom. The Morgan fingerprint density at radius 2 is 1.86 bits per heavy atom. The number of rotatable bonds is 4. The van der Waals surface area contributed by atoms with Crippen molar-refractivity contribution in [3.05, 3.63) is 60.7 Å². The predicted octanol–water partition coefficient (Wildman–Crippen LogP) is 4.54. The highest BCUT2D eigenvalue weighted by Gasteiger charge is 2.10. The van der Waals surface area contributed by atoms with Crippen molar-refractivity contribution in [3.8, 4) is 17.1 Å². The molecule has 0 spiro atoms. The molecule has 21 heavy (non-hydrogen) atoms. The Hall–Kier alpha value is -2.42. The number of carbonyl (C=O) groups is 1. The lowest BCUT2D eigenvalue weighted by Crippen LogP contribution is -2.00. The van der Waals surface area contributed by atoms with Crippen LogP contribution in [0, 0.1) is 0 Å². The number of carbonyl (C=O) groups excluding carboxylic acids is 1. The van der Waals surface area contributed by atoms with Gasteiger partial charge in [0, 0.05) is 5.56 Å². The van der Waals surface area contributed by atoms with Gasteiger partial charge in [-0.05, 0) is 25.5 Å². The van der Waals surface area contributed by atoms with E-state index in [4.69, 9.17) is 4.74 Å². The molecule has 0 saturated carbocycles. The average molecular weight is 283 g/mol. The molecule has 0 aliphatic carbocycles. The summed E-state index contributed by atoms with van der Waals surface area (Å²) >= 11 is 0. The number of ketones is 1. The van der Waals surface area contributed by atoms with Crippen LogP contribution in [0.15, 0.2) is 55.1 Å². The number of methoxy groups -OCH3 is 1. The Labute approximate surface area is 126 Å². The first-order chi connectivity index (χ1) is 10.1. The first-order valence-electron chi connectivity index (χ1n) is 6.86. The Balaban J connectivity index is 0.000000491. The smallest absolute Gasteiger partial charge is 0.224 e.